The smallest absolute Gasteiger partial charge is 0.00135 e. The van der Waals surface area contributed by atoms with Crippen LogP contribution in [0.3, 0.4) is 0 Å². The highest BCUT2D eigenvalue weighted by molar-refractivity contribution is 6.07. The minimum Gasteiger partial charge on any atom is -0.0683 e. The maximum absolute atomic E-state index is 2.22. The van der Waals surface area contributed by atoms with E-state index >= 15 is 0 Å². The van der Waals surface area contributed by atoms with Gasteiger partial charge in [0.25, 0.3) is 0 Å². The van der Waals surface area contributed by atoms with E-state index in [-0.39, 0.29) is 0 Å². The Bertz CT molecular complexity index is 1860. The number of benzene rings is 8. The summed E-state index contributed by atoms with van der Waals surface area (Å²) in [6.07, 6.45) is 1.10. The molecule has 0 spiro atoms. The van der Waals surface area contributed by atoms with Gasteiger partial charge < -0.3 is 0 Å². The first-order valence-electron chi connectivity index (χ1n) is 24.8. The van der Waals surface area contributed by atoms with Crippen molar-refractivity contribution in [3.63, 3.8) is 0 Å². The van der Waals surface area contributed by atoms with Crippen LogP contribution >= 0.6 is 0 Å². The van der Waals surface area contributed by atoms with Crippen LogP contribution in [0.5, 0.6) is 0 Å². The van der Waals surface area contributed by atoms with E-state index in [0.29, 0.717) is 0 Å². The molecule has 1 aliphatic carbocycles. The summed E-state index contributed by atoms with van der Waals surface area (Å²) < 4.78 is 0. The van der Waals surface area contributed by atoms with Crippen LogP contribution in [0.25, 0.3) is 43.4 Å². The number of hydrogen-bond donors (Lipinski definition) is 0. The van der Waals surface area contributed by atoms with E-state index < -0.39 is 0 Å². The van der Waals surface area contributed by atoms with E-state index in [9.17, 15) is 0 Å². The first-order valence-corrected chi connectivity index (χ1v) is 24.8. The molecule has 0 aliphatic heterocycles. The Hall–Kier alpha value is -5.46. The molecule has 0 heteroatoms. The third kappa shape index (κ3) is 26.6. The molecule has 8 aromatic carbocycles. The van der Waals surface area contributed by atoms with Gasteiger partial charge in [-0.1, -0.05) is 333 Å². The fourth-order valence-corrected chi connectivity index (χ4v) is 5.55. The molecular weight excluding hydrogens is 757 g/mol. The molecular formula is C63H94. The van der Waals surface area contributed by atoms with Crippen LogP contribution in [0.2, 0.25) is 0 Å². The van der Waals surface area contributed by atoms with Gasteiger partial charge >= 0.3 is 0 Å². The second-order valence-electron chi connectivity index (χ2n) is 10.5. The fraction of sp³-hybridized carbons (Fsp3) is 0.333. The van der Waals surface area contributed by atoms with Crippen LogP contribution in [0, 0.1) is 0 Å². The number of rotatable bonds is 0. The van der Waals surface area contributed by atoms with Gasteiger partial charge in [0.05, 0.1) is 0 Å². The van der Waals surface area contributed by atoms with Gasteiger partial charge in [0.15, 0.2) is 0 Å². The summed E-state index contributed by atoms with van der Waals surface area (Å²) in [5.41, 5.74) is 5.75. The summed E-state index contributed by atoms with van der Waals surface area (Å²) in [5, 5.41) is 7.92. The lowest BCUT2D eigenvalue weighted by Crippen LogP contribution is -1.77. The van der Waals surface area contributed by atoms with Crippen molar-refractivity contribution in [1.82, 2.24) is 0 Å². The second-order valence-corrected chi connectivity index (χ2v) is 10.5. The molecule has 0 radical (unpaired) electrons. The third-order valence-corrected chi connectivity index (χ3v) is 7.69. The van der Waals surface area contributed by atoms with Crippen molar-refractivity contribution in [2.45, 2.75) is 145 Å². The molecule has 0 saturated carbocycles. The number of fused-ring (bicyclic) bond motifs is 7. The molecule has 0 aromatic heterocycles. The van der Waals surface area contributed by atoms with Crippen LogP contribution in [0.1, 0.15) is 150 Å². The minimum atomic E-state index is 1.10. The molecule has 9 rings (SSSR count). The Morgan fingerprint density at radius 3 is 0.667 bits per heavy atom. The second kappa shape index (κ2) is 52.7. The molecule has 0 atom stereocenters. The Balaban J connectivity index is -0.000000213. The average Bonchev–Trinajstić information content (AvgIpc) is 3.82. The summed E-state index contributed by atoms with van der Waals surface area (Å²) in [7, 11) is 0. The summed E-state index contributed by atoms with van der Waals surface area (Å²) in [5.74, 6) is 0. The maximum Gasteiger partial charge on any atom is -0.00135 e. The highest BCUT2D eigenvalue weighted by atomic mass is 14.2. The monoisotopic (exact) mass is 851 g/mol. The minimum absolute atomic E-state index is 1.10. The van der Waals surface area contributed by atoms with Crippen molar-refractivity contribution in [2.75, 3.05) is 0 Å². The molecule has 0 bridgehead atoms. The first kappa shape index (κ1) is 66.6. The zero-order valence-electron chi connectivity index (χ0n) is 44.2. The van der Waals surface area contributed by atoms with Gasteiger partial charge in [-0.05, 0) is 61.0 Å². The van der Waals surface area contributed by atoms with E-state index in [1.165, 1.54) is 54.6 Å². The van der Waals surface area contributed by atoms with Crippen LogP contribution < -0.4 is 0 Å². The van der Waals surface area contributed by atoms with Crippen molar-refractivity contribution < 1.29 is 0 Å². The SMILES string of the molecule is CC.CC.CC.CC.CC.CC.CC.CC.CC.CC.c1ccc2c(c1)Cc1ccccc1-2.c1ccc2c(c1)ccc1ccccc12.c1ccc2ccccc2c1.c1ccccc1. The van der Waals surface area contributed by atoms with Gasteiger partial charge in [-0.25, -0.2) is 0 Å². The summed E-state index contributed by atoms with van der Waals surface area (Å²) >= 11 is 0. The molecule has 0 saturated heterocycles. The lowest BCUT2D eigenvalue weighted by atomic mass is 10.0. The fourth-order valence-electron chi connectivity index (χ4n) is 5.55. The van der Waals surface area contributed by atoms with E-state index in [4.69, 9.17) is 0 Å². The molecule has 0 amide bonds. The quantitative estimate of drug-likeness (QED) is 0.133. The third-order valence-electron chi connectivity index (χ3n) is 7.69. The van der Waals surface area contributed by atoms with Crippen molar-refractivity contribution in [3.05, 3.63) is 205 Å². The van der Waals surface area contributed by atoms with E-state index in [1.807, 2.05) is 175 Å². The predicted molar refractivity (Wildman–Crippen MR) is 300 cm³/mol. The molecule has 63 heavy (non-hydrogen) atoms. The molecule has 0 fully saturated rings. The molecule has 1 aliphatic rings. The molecule has 346 valence electrons. The predicted octanol–water partition coefficient (Wildman–Crippen LogP) is 22.0. The standard InChI is InChI=1S/C14H10.C13H10.C10H8.C6H6.10C2H6/c1-3-7-13-11(5-1)9-10-12-6-2-4-8-14(12)13;1-3-7-12-10(5-1)9-11-6-2-4-8-13(11)12;1-2-6-10-8-4-3-7-9(10)5-1;1-2-4-6-5-3-1;10*1-2/h1-10H;1-8H,9H2;1-8H;1-6H;10*1-2H3. The van der Waals surface area contributed by atoms with Gasteiger partial charge in [-0.3, -0.25) is 0 Å². The highest BCUT2D eigenvalue weighted by Crippen LogP contribution is 2.35. The highest BCUT2D eigenvalue weighted by Gasteiger charge is 2.15. The van der Waals surface area contributed by atoms with Crippen molar-refractivity contribution >= 4 is 32.3 Å². The van der Waals surface area contributed by atoms with Crippen LogP contribution in [-0.2, 0) is 6.42 Å². The van der Waals surface area contributed by atoms with Crippen LogP contribution in [-0.4, -0.2) is 0 Å². The van der Waals surface area contributed by atoms with Crippen molar-refractivity contribution in [3.8, 4) is 11.1 Å². The Morgan fingerprint density at radius 2 is 0.397 bits per heavy atom. The van der Waals surface area contributed by atoms with E-state index in [0.717, 1.165) is 6.42 Å². The first-order chi connectivity index (χ1) is 31.4. The zero-order valence-corrected chi connectivity index (χ0v) is 44.2. The molecule has 0 unspecified atom stereocenters. The largest absolute Gasteiger partial charge is 0.0683 e. The molecule has 8 aromatic rings. The van der Waals surface area contributed by atoms with Crippen molar-refractivity contribution in [2.24, 2.45) is 0 Å². The summed E-state index contributed by atoms with van der Waals surface area (Å²) in [6.45, 7) is 40.0. The van der Waals surface area contributed by atoms with Crippen LogP contribution in [0.15, 0.2) is 194 Å². The lowest BCUT2D eigenvalue weighted by Gasteiger charge is -2.02. The molecule has 0 heterocycles. The van der Waals surface area contributed by atoms with Gasteiger partial charge in [0.2, 0.25) is 0 Å². The number of hydrogen-bond acceptors (Lipinski definition) is 0. The normalized spacial score (nSPS) is 8.25. The summed E-state index contributed by atoms with van der Waals surface area (Å²) in [6, 6.07) is 67.4. The van der Waals surface area contributed by atoms with Gasteiger partial charge in [-0.15, -0.1) is 0 Å². The molecule has 0 N–H and O–H groups in total. The average molecular weight is 851 g/mol. The van der Waals surface area contributed by atoms with E-state index in [1.54, 1.807) is 0 Å². The maximum atomic E-state index is 2.22. The Labute approximate surface area is 391 Å². The lowest BCUT2D eigenvalue weighted by molar-refractivity contribution is 1.26. The summed E-state index contributed by atoms with van der Waals surface area (Å²) in [4.78, 5) is 0. The Kier molecular flexibility index (Phi) is 55.7. The van der Waals surface area contributed by atoms with Gasteiger partial charge in [-0.2, -0.15) is 0 Å². The van der Waals surface area contributed by atoms with Gasteiger partial charge in [0, 0.05) is 0 Å². The van der Waals surface area contributed by atoms with Crippen LogP contribution in [0.4, 0.5) is 0 Å². The van der Waals surface area contributed by atoms with Crippen molar-refractivity contribution in [1.29, 1.82) is 0 Å². The Morgan fingerprint density at radius 1 is 0.190 bits per heavy atom. The zero-order chi connectivity index (χ0) is 49.1. The van der Waals surface area contributed by atoms with E-state index in [2.05, 4.69) is 158 Å². The topological polar surface area (TPSA) is 0 Å². The van der Waals surface area contributed by atoms with Gasteiger partial charge in [0.1, 0.15) is 0 Å². The molecule has 0 nitrogen and oxygen atoms in total.